The molecule has 0 saturated carbocycles. The zero-order valence-corrected chi connectivity index (χ0v) is 11.9. The van der Waals surface area contributed by atoms with Gasteiger partial charge in [0.1, 0.15) is 11.5 Å². The molecule has 1 amide bonds. The number of carbonyl (C=O) groups excluding carboxylic acids is 1. The zero-order valence-electron chi connectivity index (χ0n) is 11.9. The molecule has 1 unspecified atom stereocenters. The van der Waals surface area contributed by atoms with Crippen molar-refractivity contribution >= 4 is 5.91 Å². The van der Waals surface area contributed by atoms with E-state index in [4.69, 9.17) is 9.47 Å². The van der Waals surface area contributed by atoms with Crippen LogP contribution in [0.4, 0.5) is 0 Å². The highest BCUT2D eigenvalue weighted by Crippen LogP contribution is 2.29. The van der Waals surface area contributed by atoms with Crippen LogP contribution < -0.4 is 20.1 Å². The van der Waals surface area contributed by atoms with Gasteiger partial charge in [0, 0.05) is 37.7 Å². The molecular formula is C14H22N2O3. The minimum atomic E-state index is -0.0171. The smallest absolute Gasteiger partial charge is 0.216 e. The summed E-state index contributed by atoms with van der Waals surface area (Å²) in [4.78, 5) is 10.8. The molecule has 0 heterocycles. The van der Waals surface area contributed by atoms with Gasteiger partial charge in [0.05, 0.1) is 14.2 Å². The van der Waals surface area contributed by atoms with Gasteiger partial charge in [0.15, 0.2) is 0 Å². The summed E-state index contributed by atoms with van der Waals surface area (Å²) < 4.78 is 10.5. The molecule has 0 bridgehead atoms. The van der Waals surface area contributed by atoms with E-state index in [9.17, 15) is 4.79 Å². The normalized spacial score (nSPS) is 11.8. The second kappa shape index (κ2) is 7.63. The molecule has 1 rings (SSSR count). The van der Waals surface area contributed by atoms with Gasteiger partial charge in [-0.25, -0.2) is 0 Å². The van der Waals surface area contributed by atoms with Gasteiger partial charge >= 0.3 is 0 Å². The number of hydrogen-bond acceptors (Lipinski definition) is 4. The number of benzene rings is 1. The van der Waals surface area contributed by atoms with E-state index in [1.54, 1.807) is 14.2 Å². The number of rotatable bonds is 7. The Hall–Kier alpha value is -1.75. The van der Waals surface area contributed by atoms with Crippen LogP contribution in [-0.4, -0.2) is 33.2 Å². The standard InChI is InChI=1S/C14H22N2O3/c1-10(15-7-8-16-11(2)17)13-6-5-12(18-3)9-14(13)19-4/h5-6,9-10,15H,7-8H2,1-4H3,(H,16,17). The topological polar surface area (TPSA) is 59.6 Å². The number of hydrogen-bond donors (Lipinski definition) is 2. The van der Waals surface area contributed by atoms with Crippen molar-refractivity contribution in [2.24, 2.45) is 0 Å². The monoisotopic (exact) mass is 266 g/mol. The maximum absolute atomic E-state index is 10.8. The van der Waals surface area contributed by atoms with Crippen LogP contribution in [0.1, 0.15) is 25.5 Å². The van der Waals surface area contributed by atoms with Crippen molar-refractivity contribution in [2.45, 2.75) is 19.9 Å². The highest BCUT2D eigenvalue weighted by Gasteiger charge is 2.11. The Morgan fingerprint density at radius 1 is 1.26 bits per heavy atom. The Balaban J connectivity index is 2.60. The lowest BCUT2D eigenvalue weighted by molar-refractivity contribution is -0.118. The highest BCUT2D eigenvalue weighted by atomic mass is 16.5. The van der Waals surface area contributed by atoms with Crippen LogP contribution in [0.2, 0.25) is 0 Å². The molecule has 106 valence electrons. The quantitative estimate of drug-likeness (QED) is 0.734. The molecule has 2 N–H and O–H groups in total. The minimum Gasteiger partial charge on any atom is -0.497 e. The summed E-state index contributed by atoms with van der Waals surface area (Å²) >= 11 is 0. The summed E-state index contributed by atoms with van der Waals surface area (Å²) in [7, 11) is 3.27. The molecule has 0 saturated heterocycles. The second-order valence-corrected chi connectivity index (χ2v) is 4.27. The van der Waals surface area contributed by atoms with E-state index in [-0.39, 0.29) is 11.9 Å². The van der Waals surface area contributed by atoms with Crippen molar-refractivity contribution < 1.29 is 14.3 Å². The first-order chi connectivity index (χ1) is 9.08. The van der Waals surface area contributed by atoms with Crippen LogP contribution in [0.15, 0.2) is 18.2 Å². The number of ether oxygens (including phenoxy) is 2. The number of methoxy groups -OCH3 is 2. The van der Waals surface area contributed by atoms with Gasteiger partial charge in [-0.1, -0.05) is 6.07 Å². The first-order valence-electron chi connectivity index (χ1n) is 6.28. The minimum absolute atomic E-state index is 0.0171. The molecule has 1 aromatic carbocycles. The van der Waals surface area contributed by atoms with Crippen LogP contribution in [0.3, 0.4) is 0 Å². The van der Waals surface area contributed by atoms with Crippen molar-refractivity contribution in [2.75, 3.05) is 27.3 Å². The fourth-order valence-electron chi connectivity index (χ4n) is 1.81. The molecule has 0 spiro atoms. The number of carbonyl (C=O) groups is 1. The fraction of sp³-hybridized carbons (Fsp3) is 0.500. The van der Waals surface area contributed by atoms with Crippen LogP contribution in [-0.2, 0) is 4.79 Å². The Labute approximate surface area is 114 Å². The summed E-state index contributed by atoms with van der Waals surface area (Å²) in [5.74, 6) is 1.54. The van der Waals surface area contributed by atoms with Crippen molar-refractivity contribution in [3.8, 4) is 11.5 Å². The van der Waals surface area contributed by atoms with E-state index in [0.717, 1.165) is 17.1 Å². The van der Waals surface area contributed by atoms with E-state index < -0.39 is 0 Å². The molecule has 5 heteroatoms. The summed E-state index contributed by atoms with van der Waals surface area (Å²) in [6.07, 6.45) is 0. The lowest BCUT2D eigenvalue weighted by atomic mass is 10.1. The predicted octanol–water partition coefficient (Wildman–Crippen LogP) is 1.49. The summed E-state index contributed by atoms with van der Waals surface area (Å²) in [6, 6.07) is 5.88. The molecule has 0 radical (unpaired) electrons. The summed E-state index contributed by atoms with van der Waals surface area (Å²) in [5.41, 5.74) is 1.06. The van der Waals surface area contributed by atoms with Crippen molar-refractivity contribution in [1.82, 2.24) is 10.6 Å². The largest absolute Gasteiger partial charge is 0.497 e. The van der Waals surface area contributed by atoms with E-state index in [1.807, 2.05) is 18.2 Å². The molecule has 0 aromatic heterocycles. The Bertz CT molecular complexity index is 421. The fourth-order valence-corrected chi connectivity index (χ4v) is 1.81. The van der Waals surface area contributed by atoms with Crippen LogP contribution in [0.5, 0.6) is 11.5 Å². The van der Waals surface area contributed by atoms with E-state index in [1.165, 1.54) is 6.92 Å². The SMILES string of the molecule is COc1ccc(C(C)NCCNC(C)=O)c(OC)c1. The molecule has 0 aliphatic heterocycles. The van der Waals surface area contributed by atoms with Gasteiger partial charge in [-0.2, -0.15) is 0 Å². The van der Waals surface area contributed by atoms with E-state index >= 15 is 0 Å². The maximum atomic E-state index is 10.8. The third kappa shape index (κ3) is 4.79. The van der Waals surface area contributed by atoms with Gasteiger partial charge < -0.3 is 20.1 Å². The molecule has 5 nitrogen and oxygen atoms in total. The Morgan fingerprint density at radius 3 is 2.58 bits per heavy atom. The Morgan fingerprint density at radius 2 is 2.00 bits per heavy atom. The van der Waals surface area contributed by atoms with Gasteiger partial charge in [-0.3, -0.25) is 4.79 Å². The number of amides is 1. The maximum Gasteiger partial charge on any atom is 0.216 e. The lowest BCUT2D eigenvalue weighted by Gasteiger charge is -2.18. The molecular weight excluding hydrogens is 244 g/mol. The highest BCUT2D eigenvalue weighted by molar-refractivity contribution is 5.72. The predicted molar refractivity (Wildman–Crippen MR) is 74.6 cm³/mol. The molecule has 0 fully saturated rings. The number of nitrogens with one attached hydrogen (secondary N) is 2. The van der Waals surface area contributed by atoms with Gasteiger partial charge in [0.25, 0.3) is 0 Å². The van der Waals surface area contributed by atoms with Gasteiger partial charge in [0.2, 0.25) is 5.91 Å². The first-order valence-corrected chi connectivity index (χ1v) is 6.28. The molecule has 0 aliphatic carbocycles. The molecule has 1 aromatic rings. The third-order valence-corrected chi connectivity index (χ3v) is 2.86. The third-order valence-electron chi connectivity index (χ3n) is 2.86. The van der Waals surface area contributed by atoms with Crippen molar-refractivity contribution in [3.63, 3.8) is 0 Å². The van der Waals surface area contributed by atoms with Crippen molar-refractivity contribution in [1.29, 1.82) is 0 Å². The Kier molecular flexibility index (Phi) is 6.15. The lowest BCUT2D eigenvalue weighted by Crippen LogP contribution is -2.31. The van der Waals surface area contributed by atoms with E-state index in [0.29, 0.717) is 13.1 Å². The van der Waals surface area contributed by atoms with Crippen LogP contribution in [0.25, 0.3) is 0 Å². The van der Waals surface area contributed by atoms with Crippen molar-refractivity contribution in [3.05, 3.63) is 23.8 Å². The average Bonchev–Trinajstić information content (AvgIpc) is 2.42. The van der Waals surface area contributed by atoms with Gasteiger partial charge in [-0.15, -0.1) is 0 Å². The zero-order chi connectivity index (χ0) is 14.3. The van der Waals surface area contributed by atoms with Crippen LogP contribution >= 0.6 is 0 Å². The summed E-state index contributed by atoms with van der Waals surface area (Å²) in [5, 5.41) is 6.08. The second-order valence-electron chi connectivity index (χ2n) is 4.27. The molecule has 19 heavy (non-hydrogen) atoms. The van der Waals surface area contributed by atoms with Gasteiger partial charge in [-0.05, 0) is 13.0 Å². The summed E-state index contributed by atoms with van der Waals surface area (Å²) in [6.45, 7) is 4.88. The van der Waals surface area contributed by atoms with E-state index in [2.05, 4.69) is 17.6 Å². The molecule has 1 atom stereocenters. The average molecular weight is 266 g/mol. The molecule has 0 aliphatic rings. The van der Waals surface area contributed by atoms with Crippen LogP contribution in [0, 0.1) is 0 Å². The first kappa shape index (κ1) is 15.3.